The van der Waals surface area contributed by atoms with E-state index in [1.54, 1.807) is 37.0 Å². The third-order valence-electron chi connectivity index (χ3n) is 3.51. The second-order valence-corrected chi connectivity index (χ2v) is 5.65. The Morgan fingerprint density at radius 3 is 2.86 bits per heavy atom. The molecule has 22 heavy (non-hydrogen) atoms. The Morgan fingerprint density at radius 2 is 2.27 bits per heavy atom. The molecule has 2 heterocycles. The van der Waals surface area contributed by atoms with E-state index >= 15 is 0 Å². The smallest absolute Gasteiger partial charge is 0.220 e. The van der Waals surface area contributed by atoms with Gasteiger partial charge in [0.2, 0.25) is 5.91 Å². The molecule has 0 spiro atoms. The maximum atomic E-state index is 11.8. The molecule has 0 aromatic carbocycles. The minimum Gasteiger partial charge on any atom is -0.466 e. The summed E-state index contributed by atoms with van der Waals surface area (Å²) in [4.78, 5) is 11.8. The van der Waals surface area contributed by atoms with E-state index in [9.17, 15) is 9.90 Å². The topological polar surface area (TPSA) is 93.2 Å². The number of nitrogens with one attached hydrogen (secondary N) is 1. The summed E-state index contributed by atoms with van der Waals surface area (Å²) in [6, 6.07) is 1.80. The van der Waals surface area contributed by atoms with Crippen LogP contribution in [0.4, 0.5) is 0 Å². The number of carbonyl (C=O) groups excluding carboxylic acids is 1. The summed E-state index contributed by atoms with van der Waals surface area (Å²) in [7, 11) is 0. The van der Waals surface area contributed by atoms with Crippen LogP contribution >= 0.6 is 0 Å². The summed E-state index contributed by atoms with van der Waals surface area (Å²) in [5.41, 5.74) is -0.448. The Hall–Kier alpha value is -2.15. The minimum absolute atomic E-state index is 0.0988. The van der Waals surface area contributed by atoms with Crippen molar-refractivity contribution in [1.82, 2.24) is 20.3 Å². The van der Waals surface area contributed by atoms with Gasteiger partial charge >= 0.3 is 0 Å². The van der Waals surface area contributed by atoms with Crippen molar-refractivity contribution in [3.05, 3.63) is 35.5 Å². The van der Waals surface area contributed by atoms with Crippen molar-refractivity contribution in [2.45, 2.75) is 45.8 Å². The first-order valence-corrected chi connectivity index (χ1v) is 7.29. The van der Waals surface area contributed by atoms with Gasteiger partial charge in [-0.05, 0) is 33.3 Å². The minimum atomic E-state index is -1.15. The highest BCUT2D eigenvalue weighted by Crippen LogP contribution is 2.26. The van der Waals surface area contributed by atoms with Crippen LogP contribution in [-0.4, -0.2) is 32.6 Å². The van der Waals surface area contributed by atoms with E-state index in [-0.39, 0.29) is 12.5 Å². The summed E-state index contributed by atoms with van der Waals surface area (Å²) >= 11 is 0. The molecule has 7 nitrogen and oxygen atoms in total. The Labute approximate surface area is 129 Å². The standard InChI is InChI=1S/C15H22N4O3/c1-11-9-13(12(2)22-11)15(3,21)10-16-14(20)5-4-7-19-8-6-17-18-19/h6,8-9,21H,4-5,7,10H2,1-3H3,(H,16,20). The fourth-order valence-corrected chi connectivity index (χ4v) is 2.37. The molecule has 2 aromatic rings. The van der Waals surface area contributed by atoms with Crippen molar-refractivity contribution < 1.29 is 14.3 Å². The van der Waals surface area contributed by atoms with E-state index in [1.165, 1.54) is 0 Å². The normalized spacial score (nSPS) is 13.8. The van der Waals surface area contributed by atoms with Crippen LogP contribution in [0.15, 0.2) is 22.9 Å². The van der Waals surface area contributed by atoms with Crippen LogP contribution in [0.2, 0.25) is 0 Å². The summed E-state index contributed by atoms with van der Waals surface area (Å²) in [5.74, 6) is 1.31. The van der Waals surface area contributed by atoms with Crippen LogP contribution in [0.5, 0.6) is 0 Å². The quantitative estimate of drug-likeness (QED) is 0.804. The monoisotopic (exact) mass is 306 g/mol. The van der Waals surface area contributed by atoms with Gasteiger partial charge in [0.15, 0.2) is 0 Å². The van der Waals surface area contributed by atoms with Crippen molar-refractivity contribution in [2.75, 3.05) is 6.54 Å². The highest BCUT2D eigenvalue weighted by Gasteiger charge is 2.28. The second-order valence-electron chi connectivity index (χ2n) is 5.65. The van der Waals surface area contributed by atoms with Gasteiger partial charge in [0, 0.05) is 24.7 Å². The summed E-state index contributed by atoms with van der Waals surface area (Å²) in [6.07, 6.45) is 4.40. The van der Waals surface area contributed by atoms with E-state index in [1.807, 2.05) is 6.92 Å². The average Bonchev–Trinajstić information content (AvgIpc) is 3.06. The van der Waals surface area contributed by atoms with Gasteiger partial charge in [0.25, 0.3) is 0 Å². The number of hydrogen-bond acceptors (Lipinski definition) is 5. The predicted molar refractivity (Wildman–Crippen MR) is 80.0 cm³/mol. The zero-order valence-corrected chi connectivity index (χ0v) is 13.2. The lowest BCUT2D eigenvalue weighted by molar-refractivity contribution is -0.122. The van der Waals surface area contributed by atoms with Crippen LogP contribution in [0, 0.1) is 13.8 Å². The molecule has 0 aliphatic heterocycles. The zero-order valence-electron chi connectivity index (χ0n) is 13.2. The Kier molecular flexibility index (Phi) is 4.97. The number of rotatable bonds is 7. The van der Waals surface area contributed by atoms with E-state index in [4.69, 9.17) is 4.42 Å². The third kappa shape index (κ3) is 4.17. The molecule has 0 fully saturated rings. The van der Waals surface area contributed by atoms with Crippen molar-refractivity contribution in [3.8, 4) is 0 Å². The molecule has 1 atom stereocenters. The first kappa shape index (κ1) is 16.2. The number of nitrogens with zero attached hydrogens (tertiary/aromatic N) is 3. The van der Waals surface area contributed by atoms with Crippen LogP contribution < -0.4 is 5.32 Å². The predicted octanol–water partition coefficient (Wildman–Crippen LogP) is 1.29. The number of aliphatic hydroxyl groups is 1. The third-order valence-corrected chi connectivity index (χ3v) is 3.51. The molecule has 2 N–H and O–H groups in total. The fraction of sp³-hybridized carbons (Fsp3) is 0.533. The number of aryl methyl sites for hydroxylation is 3. The highest BCUT2D eigenvalue weighted by molar-refractivity contribution is 5.75. The van der Waals surface area contributed by atoms with E-state index in [0.717, 1.165) is 5.76 Å². The Bertz CT molecular complexity index is 617. The first-order valence-electron chi connectivity index (χ1n) is 7.29. The SMILES string of the molecule is Cc1cc(C(C)(O)CNC(=O)CCCn2ccnn2)c(C)o1. The number of furan rings is 1. The molecule has 2 rings (SSSR count). The van der Waals surface area contributed by atoms with Gasteiger partial charge in [-0.2, -0.15) is 0 Å². The van der Waals surface area contributed by atoms with Gasteiger partial charge < -0.3 is 14.8 Å². The summed E-state index contributed by atoms with van der Waals surface area (Å²) in [5, 5.41) is 20.8. The van der Waals surface area contributed by atoms with E-state index in [0.29, 0.717) is 30.7 Å². The van der Waals surface area contributed by atoms with Crippen LogP contribution in [0.25, 0.3) is 0 Å². The maximum Gasteiger partial charge on any atom is 0.220 e. The average molecular weight is 306 g/mol. The molecule has 0 bridgehead atoms. The van der Waals surface area contributed by atoms with Crippen molar-refractivity contribution >= 4 is 5.91 Å². The number of aromatic nitrogens is 3. The largest absolute Gasteiger partial charge is 0.466 e. The fourth-order valence-electron chi connectivity index (χ4n) is 2.37. The molecule has 120 valence electrons. The van der Waals surface area contributed by atoms with Gasteiger partial charge in [0.1, 0.15) is 17.1 Å². The Balaban J connectivity index is 1.78. The summed E-state index contributed by atoms with van der Waals surface area (Å²) in [6.45, 7) is 6.09. The number of hydrogen-bond donors (Lipinski definition) is 2. The molecule has 0 saturated carbocycles. The molecular formula is C15H22N4O3. The van der Waals surface area contributed by atoms with Gasteiger partial charge in [-0.1, -0.05) is 5.21 Å². The van der Waals surface area contributed by atoms with Crippen molar-refractivity contribution in [3.63, 3.8) is 0 Å². The molecule has 0 saturated heterocycles. The molecule has 0 radical (unpaired) electrons. The van der Waals surface area contributed by atoms with Crippen LogP contribution in [-0.2, 0) is 16.9 Å². The molecule has 1 amide bonds. The van der Waals surface area contributed by atoms with Gasteiger partial charge in [0.05, 0.1) is 12.7 Å². The molecule has 0 aliphatic carbocycles. The van der Waals surface area contributed by atoms with Crippen LogP contribution in [0.1, 0.15) is 36.8 Å². The lowest BCUT2D eigenvalue weighted by atomic mass is 9.96. The molecular weight excluding hydrogens is 284 g/mol. The van der Waals surface area contributed by atoms with Crippen molar-refractivity contribution in [2.24, 2.45) is 0 Å². The lowest BCUT2D eigenvalue weighted by Gasteiger charge is -2.23. The maximum absolute atomic E-state index is 11.8. The molecule has 1 unspecified atom stereocenters. The number of carbonyl (C=O) groups is 1. The van der Waals surface area contributed by atoms with Crippen LogP contribution in [0.3, 0.4) is 0 Å². The van der Waals surface area contributed by atoms with Gasteiger partial charge in [-0.3, -0.25) is 9.48 Å². The highest BCUT2D eigenvalue weighted by atomic mass is 16.3. The van der Waals surface area contributed by atoms with Gasteiger partial charge in [-0.25, -0.2) is 0 Å². The second kappa shape index (κ2) is 6.74. The Morgan fingerprint density at radius 1 is 1.50 bits per heavy atom. The molecule has 0 aliphatic rings. The zero-order chi connectivity index (χ0) is 16.2. The number of amides is 1. The first-order chi connectivity index (χ1) is 10.4. The van der Waals surface area contributed by atoms with Gasteiger partial charge in [-0.15, -0.1) is 5.10 Å². The lowest BCUT2D eigenvalue weighted by Crippen LogP contribution is -2.38. The van der Waals surface area contributed by atoms with E-state index < -0.39 is 5.60 Å². The molecule has 7 heteroatoms. The molecule has 2 aromatic heterocycles. The summed E-state index contributed by atoms with van der Waals surface area (Å²) < 4.78 is 7.11. The van der Waals surface area contributed by atoms with Crippen molar-refractivity contribution in [1.29, 1.82) is 0 Å². The van der Waals surface area contributed by atoms with E-state index in [2.05, 4.69) is 15.6 Å².